The molecule has 0 unspecified atom stereocenters. The van der Waals surface area contributed by atoms with E-state index in [4.69, 9.17) is 0 Å². The van der Waals surface area contributed by atoms with Crippen LogP contribution in [0.5, 0.6) is 0 Å². The number of aryl methyl sites for hydroxylation is 1. The maximum atomic E-state index is 13.1. The number of thioether (sulfide) groups is 1. The number of anilines is 1. The van der Waals surface area contributed by atoms with Gasteiger partial charge in [0, 0.05) is 30.6 Å². The zero-order valence-corrected chi connectivity index (χ0v) is 18.8. The molecule has 0 aromatic heterocycles. The van der Waals surface area contributed by atoms with E-state index in [2.05, 4.69) is 19.9 Å². The average molecular weight is 421 g/mol. The topological polar surface area (TPSA) is 40.6 Å². The molecule has 30 heavy (non-hydrogen) atoms. The highest BCUT2D eigenvalue weighted by atomic mass is 32.2. The van der Waals surface area contributed by atoms with Gasteiger partial charge in [-0.25, -0.2) is 0 Å². The number of hydrogen-bond acceptors (Lipinski definition) is 3. The summed E-state index contributed by atoms with van der Waals surface area (Å²) in [5.74, 6) is 1.05. The molecule has 0 saturated carbocycles. The molecule has 0 bridgehead atoms. The van der Waals surface area contributed by atoms with Gasteiger partial charge in [0.15, 0.2) is 0 Å². The molecule has 0 aliphatic carbocycles. The summed E-state index contributed by atoms with van der Waals surface area (Å²) < 4.78 is 0. The Bertz CT molecular complexity index is 1020. The number of carbonyl (C=O) groups excluding carboxylic acids is 2. The Morgan fingerprint density at radius 3 is 2.53 bits per heavy atom. The summed E-state index contributed by atoms with van der Waals surface area (Å²) in [5.41, 5.74) is 3.63. The molecule has 2 aromatic carbocycles. The summed E-state index contributed by atoms with van der Waals surface area (Å²) in [4.78, 5) is 31.4. The SMILES string of the molecule is Cc1cccc(/C=C2\Sc3ccc(C(=O)N4C[C@H](C)C[C@@H](C)C4)cc3N(C)C2=O)c1. The number of likely N-dealkylation sites (tertiary alicyclic amines) is 1. The molecular formula is C25H28N2O2S. The first kappa shape index (κ1) is 20.7. The number of fused-ring (bicyclic) bond motifs is 1. The summed E-state index contributed by atoms with van der Waals surface area (Å²) in [5, 5.41) is 0. The molecule has 2 aliphatic rings. The van der Waals surface area contributed by atoms with Crippen LogP contribution >= 0.6 is 11.8 Å². The molecule has 0 radical (unpaired) electrons. The molecule has 2 amide bonds. The number of likely N-dealkylation sites (N-methyl/N-ethyl adjacent to an activating group) is 1. The van der Waals surface area contributed by atoms with Gasteiger partial charge in [0.1, 0.15) is 0 Å². The third-order valence-electron chi connectivity index (χ3n) is 5.80. The zero-order chi connectivity index (χ0) is 21.4. The van der Waals surface area contributed by atoms with Gasteiger partial charge in [0.25, 0.3) is 11.8 Å². The fraction of sp³-hybridized carbons (Fsp3) is 0.360. The molecule has 1 saturated heterocycles. The van der Waals surface area contributed by atoms with Gasteiger partial charge in [-0.3, -0.25) is 9.59 Å². The molecule has 0 spiro atoms. The van der Waals surface area contributed by atoms with Crippen LogP contribution in [0.3, 0.4) is 0 Å². The monoisotopic (exact) mass is 420 g/mol. The summed E-state index contributed by atoms with van der Waals surface area (Å²) in [6.45, 7) is 8.05. The quantitative estimate of drug-likeness (QED) is 0.625. The van der Waals surface area contributed by atoms with E-state index in [1.165, 1.54) is 11.8 Å². The largest absolute Gasteiger partial charge is 0.338 e. The molecule has 2 aromatic rings. The van der Waals surface area contributed by atoms with E-state index in [9.17, 15) is 9.59 Å². The fourth-order valence-corrected chi connectivity index (χ4v) is 5.54. The number of carbonyl (C=O) groups is 2. The lowest BCUT2D eigenvalue weighted by atomic mass is 9.91. The van der Waals surface area contributed by atoms with Crippen molar-refractivity contribution in [1.29, 1.82) is 0 Å². The smallest absolute Gasteiger partial charge is 0.264 e. The summed E-state index contributed by atoms with van der Waals surface area (Å²) >= 11 is 1.47. The first-order valence-electron chi connectivity index (χ1n) is 10.5. The summed E-state index contributed by atoms with van der Waals surface area (Å²) in [7, 11) is 1.78. The van der Waals surface area contributed by atoms with Crippen molar-refractivity contribution in [2.24, 2.45) is 11.8 Å². The van der Waals surface area contributed by atoms with Crippen LogP contribution in [0, 0.1) is 18.8 Å². The highest BCUT2D eigenvalue weighted by Crippen LogP contribution is 2.42. The molecule has 4 rings (SSSR count). The van der Waals surface area contributed by atoms with Crippen molar-refractivity contribution in [3.8, 4) is 0 Å². The first-order chi connectivity index (χ1) is 14.3. The molecular weight excluding hydrogens is 392 g/mol. The van der Waals surface area contributed by atoms with Gasteiger partial charge < -0.3 is 9.80 Å². The fourth-order valence-electron chi connectivity index (χ4n) is 4.45. The van der Waals surface area contributed by atoms with Crippen LogP contribution in [0.25, 0.3) is 6.08 Å². The second-order valence-electron chi connectivity index (χ2n) is 8.73. The maximum Gasteiger partial charge on any atom is 0.264 e. The van der Waals surface area contributed by atoms with Crippen LogP contribution < -0.4 is 4.90 Å². The van der Waals surface area contributed by atoms with Crippen LogP contribution in [0.2, 0.25) is 0 Å². The van der Waals surface area contributed by atoms with Crippen molar-refractivity contribution >= 4 is 35.3 Å². The van der Waals surface area contributed by atoms with Gasteiger partial charge in [-0.1, -0.05) is 55.4 Å². The van der Waals surface area contributed by atoms with E-state index in [-0.39, 0.29) is 11.8 Å². The van der Waals surface area contributed by atoms with Gasteiger partial charge in [0.2, 0.25) is 0 Å². The lowest BCUT2D eigenvalue weighted by Gasteiger charge is -2.35. The van der Waals surface area contributed by atoms with Crippen molar-refractivity contribution < 1.29 is 9.59 Å². The van der Waals surface area contributed by atoms with Gasteiger partial charge in [-0.2, -0.15) is 0 Å². The van der Waals surface area contributed by atoms with Gasteiger partial charge in [0.05, 0.1) is 10.6 Å². The van der Waals surface area contributed by atoms with Crippen molar-refractivity contribution in [2.45, 2.75) is 32.1 Å². The Morgan fingerprint density at radius 1 is 1.10 bits per heavy atom. The second kappa shape index (κ2) is 8.31. The van der Waals surface area contributed by atoms with E-state index in [0.717, 1.165) is 41.2 Å². The Morgan fingerprint density at radius 2 is 1.83 bits per heavy atom. The van der Waals surface area contributed by atoms with Crippen LogP contribution in [-0.2, 0) is 4.79 Å². The number of piperidine rings is 1. The standard InChI is InChI=1S/C25H28N2O2S/c1-16-6-5-7-19(11-16)12-23-25(29)26(4)21-13-20(8-9-22(21)30-23)24(28)27-14-17(2)10-18(3)15-27/h5-9,11-13,17-18H,10,14-15H2,1-4H3/b23-12-/t17-,18-/m1/s1. The van der Waals surface area contributed by atoms with Crippen LogP contribution in [0.15, 0.2) is 52.3 Å². The molecule has 1 fully saturated rings. The van der Waals surface area contributed by atoms with Gasteiger partial charge in [-0.15, -0.1) is 0 Å². The predicted octanol–water partition coefficient (Wildman–Crippen LogP) is 5.22. The third kappa shape index (κ3) is 4.17. The average Bonchev–Trinajstić information content (AvgIpc) is 2.70. The number of rotatable bonds is 2. The van der Waals surface area contributed by atoms with Crippen molar-refractivity contribution in [3.05, 3.63) is 64.1 Å². The summed E-state index contributed by atoms with van der Waals surface area (Å²) in [6.07, 6.45) is 3.10. The Labute approximate surface area is 182 Å². The molecule has 4 nitrogen and oxygen atoms in total. The first-order valence-corrected chi connectivity index (χ1v) is 11.3. The zero-order valence-electron chi connectivity index (χ0n) is 18.0. The lowest BCUT2D eigenvalue weighted by Crippen LogP contribution is -2.42. The van der Waals surface area contributed by atoms with Crippen LogP contribution in [0.1, 0.15) is 41.8 Å². The van der Waals surface area contributed by atoms with Crippen LogP contribution in [-0.4, -0.2) is 36.9 Å². The van der Waals surface area contributed by atoms with E-state index < -0.39 is 0 Å². The Hall–Kier alpha value is -2.53. The number of nitrogens with zero attached hydrogens (tertiary/aromatic N) is 2. The minimum absolute atomic E-state index is 0.0428. The Kier molecular flexibility index (Phi) is 5.74. The maximum absolute atomic E-state index is 13.1. The molecule has 2 aliphatic heterocycles. The summed E-state index contributed by atoms with van der Waals surface area (Å²) in [6, 6.07) is 13.8. The normalized spacial score (nSPS) is 22.9. The minimum atomic E-state index is -0.0428. The lowest BCUT2D eigenvalue weighted by molar-refractivity contribution is -0.114. The van der Waals surface area contributed by atoms with Crippen molar-refractivity contribution in [3.63, 3.8) is 0 Å². The van der Waals surface area contributed by atoms with Crippen molar-refractivity contribution in [2.75, 3.05) is 25.0 Å². The number of benzene rings is 2. The van der Waals surface area contributed by atoms with Gasteiger partial charge in [-0.05, 0) is 55.0 Å². The molecule has 2 atom stereocenters. The van der Waals surface area contributed by atoms with Gasteiger partial charge >= 0.3 is 0 Å². The van der Waals surface area contributed by atoms with Crippen LogP contribution in [0.4, 0.5) is 5.69 Å². The predicted molar refractivity (Wildman–Crippen MR) is 124 cm³/mol. The molecule has 5 heteroatoms. The second-order valence-corrected chi connectivity index (χ2v) is 9.81. The molecule has 0 N–H and O–H groups in total. The number of hydrogen-bond donors (Lipinski definition) is 0. The van der Waals surface area contributed by atoms with E-state index in [1.54, 1.807) is 11.9 Å². The number of amides is 2. The Balaban J connectivity index is 1.61. The highest BCUT2D eigenvalue weighted by molar-refractivity contribution is 8.04. The minimum Gasteiger partial charge on any atom is -0.338 e. The highest BCUT2D eigenvalue weighted by Gasteiger charge is 2.30. The van der Waals surface area contributed by atoms with E-state index in [0.29, 0.717) is 22.3 Å². The van der Waals surface area contributed by atoms with E-state index >= 15 is 0 Å². The third-order valence-corrected chi connectivity index (χ3v) is 6.88. The van der Waals surface area contributed by atoms with E-state index in [1.807, 2.05) is 54.3 Å². The molecule has 156 valence electrons. The molecule has 2 heterocycles. The van der Waals surface area contributed by atoms with Crippen molar-refractivity contribution in [1.82, 2.24) is 4.90 Å².